The summed E-state index contributed by atoms with van der Waals surface area (Å²) in [5, 5.41) is 23.0. The van der Waals surface area contributed by atoms with Gasteiger partial charge in [-0.1, -0.05) is 249 Å². The van der Waals surface area contributed by atoms with Crippen molar-refractivity contribution in [3.63, 3.8) is 0 Å². The average molecular weight is 886 g/mol. The van der Waals surface area contributed by atoms with Gasteiger partial charge in [0.1, 0.15) is 0 Å². The summed E-state index contributed by atoms with van der Waals surface area (Å²) < 4.78 is 5.48. The normalized spacial score (nSPS) is 12.9. The summed E-state index contributed by atoms with van der Waals surface area (Å²) in [7, 11) is 0. The van der Waals surface area contributed by atoms with Crippen LogP contribution in [0.15, 0.2) is 36.5 Å². The fourth-order valence-corrected chi connectivity index (χ4v) is 8.37. The van der Waals surface area contributed by atoms with Crippen LogP contribution in [-0.2, 0) is 14.3 Å². The molecule has 0 saturated carbocycles. The second-order valence-corrected chi connectivity index (χ2v) is 18.9. The fraction of sp³-hybridized carbons (Fsp3) is 0.860. The molecule has 0 aliphatic heterocycles. The summed E-state index contributed by atoms with van der Waals surface area (Å²) in [6.07, 6.45) is 64.4. The number of allylic oxidation sites excluding steroid dienone is 5. The van der Waals surface area contributed by atoms with E-state index in [4.69, 9.17) is 4.74 Å². The third-order valence-electron chi connectivity index (χ3n) is 12.7. The molecule has 0 aromatic rings. The van der Waals surface area contributed by atoms with Gasteiger partial charge in [-0.25, -0.2) is 0 Å². The SMILES string of the molecule is CCCCC/C=C\C/C=C\CCCCCCCCCCCC(=O)OCCCCCCCCCCCCCCCCCC(=O)NC(CO)C(O)/C=C/CCCCCCCCCCCC. The van der Waals surface area contributed by atoms with Gasteiger partial charge in [0.2, 0.25) is 5.91 Å². The maximum absolute atomic E-state index is 12.4. The van der Waals surface area contributed by atoms with E-state index in [1.807, 2.05) is 6.08 Å². The Labute approximate surface area is 392 Å². The third kappa shape index (κ3) is 49.4. The van der Waals surface area contributed by atoms with E-state index >= 15 is 0 Å². The first-order valence-electron chi connectivity index (χ1n) is 27.8. The second kappa shape index (κ2) is 52.7. The van der Waals surface area contributed by atoms with E-state index in [0.717, 1.165) is 64.2 Å². The highest BCUT2D eigenvalue weighted by atomic mass is 16.5. The number of carbonyl (C=O) groups is 2. The highest BCUT2D eigenvalue weighted by Crippen LogP contribution is 2.16. The van der Waals surface area contributed by atoms with Crippen LogP contribution in [0.25, 0.3) is 0 Å². The first-order valence-corrected chi connectivity index (χ1v) is 27.8. The predicted molar refractivity (Wildman–Crippen MR) is 273 cm³/mol. The van der Waals surface area contributed by atoms with Gasteiger partial charge in [-0.3, -0.25) is 9.59 Å². The Kier molecular flexibility index (Phi) is 51.1. The smallest absolute Gasteiger partial charge is 0.305 e. The molecular formula is C57H107NO5. The molecule has 0 aromatic heterocycles. The van der Waals surface area contributed by atoms with E-state index in [-0.39, 0.29) is 18.5 Å². The Balaban J connectivity index is 3.43. The molecule has 0 bridgehead atoms. The van der Waals surface area contributed by atoms with Gasteiger partial charge in [-0.15, -0.1) is 0 Å². The highest BCUT2D eigenvalue weighted by molar-refractivity contribution is 5.76. The first-order chi connectivity index (χ1) is 31.0. The number of ether oxygens (including phenoxy) is 1. The quantitative estimate of drug-likeness (QED) is 0.0321. The molecule has 0 aliphatic carbocycles. The molecule has 0 fully saturated rings. The number of rotatable bonds is 51. The molecule has 0 aromatic carbocycles. The standard InChI is InChI=1S/C57H107NO5/c1-3-5-7-9-11-13-15-17-18-19-20-21-24-27-31-35-39-43-47-51-57(62)63-52-48-44-40-36-32-28-25-22-23-26-30-34-38-42-46-50-56(61)58-54(53-59)55(60)49-45-41-37-33-29-16-14-12-10-8-6-4-2/h11,13,17-18,45,49,54-55,59-60H,3-10,12,14-16,19-44,46-48,50-53H2,1-2H3,(H,58,61)/b13-11-,18-17-,49-45+. The first kappa shape index (κ1) is 61.1. The van der Waals surface area contributed by atoms with Crippen molar-refractivity contribution in [2.45, 2.75) is 302 Å². The Bertz CT molecular complexity index is 1020. The van der Waals surface area contributed by atoms with Crippen molar-refractivity contribution in [3.05, 3.63) is 36.5 Å². The van der Waals surface area contributed by atoms with Crippen LogP contribution in [0.2, 0.25) is 0 Å². The number of unbranched alkanes of at least 4 members (excludes halogenated alkanes) is 36. The molecule has 0 heterocycles. The predicted octanol–water partition coefficient (Wildman–Crippen LogP) is 16.9. The monoisotopic (exact) mass is 886 g/mol. The molecule has 0 saturated heterocycles. The minimum Gasteiger partial charge on any atom is -0.466 e. The van der Waals surface area contributed by atoms with E-state index in [0.29, 0.717) is 19.4 Å². The number of carbonyl (C=O) groups excluding carboxylic acids is 2. The maximum atomic E-state index is 12.4. The molecule has 6 heteroatoms. The molecule has 2 unspecified atom stereocenters. The Morgan fingerprint density at radius 1 is 0.444 bits per heavy atom. The molecule has 0 radical (unpaired) electrons. The van der Waals surface area contributed by atoms with Crippen molar-refractivity contribution in [2.24, 2.45) is 0 Å². The molecule has 370 valence electrons. The van der Waals surface area contributed by atoms with E-state index in [1.165, 1.54) is 199 Å². The molecule has 0 spiro atoms. The van der Waals surface area contributed by atoms with Gasteiger partial charge in [0.05, 0.1) is 25.4 Å². The maximum Gasteiger partial charge on any atom is 0.305 e. The van der Waals surface area contributed by atoms with Gasteiger partial charge in [0.15, 0.2) is 0 Å². The van der Waals surface area contributed by atoms with Gasteiger partial charge in [-0.2, -0.15) is 0 Å². The summed E-state index contributed by atoms with van der Waals surface area (Å²) >= 11 is 0. The van der Waals surface area contributed by atoms with Crippen molar-refractivity contribution >= 4 is 11.9 Å². The topological polar surface area (TPSA) is 95.9 Å². The Morgan fingerprint density at radius 3 is 1.24 bits per heavy atom. The van der Waals surface area contributed by atoms with Crippen LogP contribution in [0.4, 0.5) is 0 Å². The van der Waals surface area contributed by atoms with Gasteiger partial charge < -0.3 is 20.3 Å². The number of aliphatic hydroxyl groups excluding tert-OH is 2. The number of esters is 1. The summed E-state index contributed by atoms with van der Waals surface area (Å²) in [6.45, 7) is 4.85. The van der Waals surface area contributed by atoms with E-state index in [2.05, 4.69) is 43.5 Å². The van der Waals surface area contributed by atoms with Crippen LogP contribution in [0, 0.1) is 0 Å². The molecule has 63 heavy (non-hydrogen) atoms. The van der Waals surface area contributed by atoms with E-state index < -0.39 is 12.1 Å². The fourth-order valence-electron chi connectivity index (χ4n) is 8.37. The molecule has 1 amide bonds. The van der Waals surface area contributed by atoms with Crippen molar-refractivity contribution in [3.8, 4) is 0 Å². The molecule has 6 nitrogen and oxygen atoms in total. The lowest BCUT2D eigenvalue weighted by atomic mass is 10.0. The average Bonchev–Trinajstić information content (AvgIpc) is 3.28. The summed E-state index contributed by atoms with van der Waals surface area (Å²) in [5.74, 6) is -0.0822. The molecule has 0 rings (SSSR count). The van der Waals surface area contributed by atoms with Crippen LogP contribution >= 0.6 is 0 Å². The summed E-state index contributed by atoms with van der Waals surface area (Å²) in [4.78, 5) is 24.5. The van der Waals surface area contributed by atoms with Crippen LogP contribution in [-0.4, -0.2) is 47.4 Å². The molecular weight excluding hydrogens is 779 g/mol. The van der Waals surface area contributed by atoms with Crippen LogP contribution in [0.1, 0.15) is 290 Å². The highest BCUT2D eigenvalue weighted by Gasteiger charge is 2.18. The Morgan fingerprint density at radius 2 is 0.794 bits per heavy atom. The number of nitrogens with one attached hydrogen (secondary N) is 1. The van der Waals surface area contributed by atoms with Crippen molar-refractivity contribution in [2.75, 3.05) is 13.2 Å². The van der Waals surface area contributed by atoms with Crippen LogP contribution < -0.4 is 5.32 Å². The number of hydrogen-bond acceptors (Lipinski definition) is 5. The lowest BCUT2D eigenvalue weighted by Gasteiger charge is -2.20. The minimum absolute atomic E-state index is 0.00465. The lowest BCUT2D eigenvalue weighted by molar-refractivity contribution is -0.143. The van der Waals surface area contributed by atoms with Crippen LogP contribution in [0.3, 0.4) is 0 Å². The second-order valence-electron chi connectivity index (χ2n) is 18.9. The molecule has 3 N–H and O–H groups in total. The van der Waals surface area contributed by atoms with Gasteiger partial charge in [0.25, 0.3) is 0 Å². The van der Waals surface area contributed by atoms with Crippen molar-refractivity contribution < 1.29 is 24.5 Å². The minimum atomic E-state index is -0.849. The summed E-state index contributed by atoms with van der Waals surface area (Å²) in [5.41, 5.74) is 0. The lowest BCUT2D eigenvalue weighted by Crippen LogP contribution is -2.45. The third-order valence-corrected chi connectivity index (χ3v) is 12.7. The van der Waals surface area contributed by atoms with Crippen molar-refractivity contribution in [1.82, 2.24) is 5.32 Å². The zero-order valence-corrected chi connectivity index (χ0v) is 42.1. The number of hydrogen-bond donors (Lipinski definition) is 3. The van der Waals surface area contributed by atoms with E-state index in [9.17, 15) is 19.8 Å². The molecule has 2 atom stereocenters. The zero-order valence-electron chi connectivity index (χ0n) is 42.1. The number of aliphatic hydroxyl groups is 2. The van der Waals surface area contributed by atoms with Gasteiger partial charge in [-0.05, 0) is 64.2 Å². The van der Waals surface area contributed by atoms with Gasteiger partial charge >= 0.3 is 5.97 Å². The molecule has 0 aliphatic rings. The summed E-state index contributed by atoms with van der Waals surface area (Å²) in [6, 6.07) is -0.634. The zero-order chi connectivity index (χ0) is 45.8. The van der Waals surface area contributed by atoms with E-state index in [1.54, 1.807) is 6.08 Å². The van der Waals surface area contributed by atoms with Crippen LogP contribution in [0.5, 0.6) is 0 Å². The number of amides is 1. The largest absolute Gasteiger partial charge is 0.466 e. The van der Waals surface area contributed by atoms with Gasteiger partial charge in [0, 0.05) is 12.8 Å². The Hall–Kier alpha value is -1.92. The van der Waals surface area contributed by atoms with Crippen molar-refractivity contribution in [1.29, 1.82) is 0 Å².